The molecule has 142 valence electrons. The second-order valence-electron chi connectivity index (χ2n) is 5.84. The van der Waals surface area contributed by atoms with Crippen molar-refractivity contribution in [3.05, 3.63) is 74.5 Å². The lowest BCUT2D eigenvalue weighted by Gasteiger charge is -2.08. The van der Waals surface area contributed by atoms with Crippen LogP contribution in [0.1, 0.15) is 26.8 Å². The average molecular weight is 445 g/mol. The van der Waals surface area contributed by atoms with Crippen LogP contribution >= 0.6 is 45.8 Å². The topological polar surface area (TPSA) is 52.1 Å². The van der Waals surface area contributed by atoms with E-state index in [9.17, 15) is 4.79 Å². The summed E-state index contributed by atoms with van der Waals surface area (Å²) in [5.41, 5.74) is 2.37. The number of benzene rings is 1. The van der Waals surface area contributed by atoms with E-state index in [-0.39, 0.29) is 12.6 Å². The number of aryl methyl sites for hydroxylation is 1. The van der Waals surface area contributed by atoms with Crippen LogP contribution < -0.4 is 0 Å². The highest BCUT2D eigenvalue weighted by Gasteiger charge is 2.15. The maximum absolute atomic E-state index is 12.6. The smallest absolute Gasteiger partial charge is 0.339 e. The van der Waals surface area contributed by atoms with Crippen LogP contribution in [0.4, 0.5) is 0 Å². The monoisotopic (exact) mass is 444 g/mol. The minimum absolute atomic E-state index is 0.172. The molecular weight excluding hydrogens is 429 g/mol. The Balaban J connectivity index is 1.39. The number of nitrogens with zero attached hydrogens (tertiary/aromatic N) is 2. The number of ether oxygens (including phenoxy) is 1. The molecule has 0 atom stereocenters. The van der Waals surface area contributed by atoms with Crippen LogP contribution in [0.2, 0.25) is 0 Å². The number of thiazole rings is 2. The summed E-state index contributed by atoms with van der Waals surface area (Å²) >= 11 is 6.45. The molecule has 28 heavy (non-hydrogen) atoms. The molecule has 3 aromatic heterocycles. The van der Waals surface area contributed by atoms with Crippen LogP contribution in [0.15, 0.2) is 57.4 Å². The fraction of sp³-hybridized carbons (Fsp3) is 0.150. The van der Waals surface area contributed by atoms with Crippen molar-refractivity contribution in [2.24, 2.45) is 0 Å². The third kappa shape index (κ3) is 4.70. The van der Waals surface area contributed by atoms with Crippen LogP contribution in [-0.2, 0) is 17.1 Å². The van der Waals surface area contributed by atoms with Crippen LogP contribution in [-0.4, -0.2) is 15.9 Å². The third-order valence-electron chi connectivity index (χ3n) is 3.78. The lowest BCUT2D eigenvalue weighted by Crippen LogP contribution is -2.07. The standard InChI is InChI=1S/C20H16N2O2S4/c1-13-21-15(11-26-13)12-27-17-6-3-2-5-16(17)20(23)24-9-14-10-28-19(22-14)18-7-4-8-25-18/h2-8,10-11H,9,12H2,1H3. The van der Waals surface area contributed by atoms with E-state index in [1.807, 2.05) is 48.0 Å². The molecule has 3 heterocycles. The predicted molar refractivity (Wildman–Crippen MR) is 117 cm³/mol. The summed E-state index contributed by atoms with van der Waals surface area (Å²) in [6.45, 7) is 2.16. The molecule has 4 aromatic rings. The summed E-state index contributed by atoms with van der Waals surface area (Å²) in [6.07, 6.45) is 0. The van der Waals surface area contributed by atoms with Crippen LogP contribution in [0.5, 0.6) is 0 Å². The molecule has 0 unspecified atom stereocenters. The van der Waals surface area contributed by atoms with Gasteiger partial charge in [0.05, 0.1) is 26.8 Å². The minimum Gasteiger partial charge on any atom is -0.456 e. The van der Waals surface area contributed by atoms with Crippen molar-refractivity contribution in [1.82, 2.24) is 9.97 Å². The maximum Gasteiger partial charge on any atom is 0.339 e. The Morgan fingerprint density at radius 2 is 1.89 bits per heavy atom. The second-order valence-corrected chi connectivity index (χ2v) is 9.73. The SMILES string of the molecule is Cc1nc(CSc2ccccc2C(=O)OCc2csc(-c3cccs3)n2)cs1. The fourth-order valence-corrected chi connectivity index (χ4v) is 5.76. The number of thioether (sulfide) groups is 1. The average Bonchev–Trinajstić information content (AvgIpc) is 3.46. The Kier molecular flexibility index (Phi) is 6.21. The molecule has 0 aliphatic rings. The highest BCUT2D eigenvalue weighted by atomic mass is 32.2. The lowest BCUT2D eigenvalue weighted by atomic mass is 10.2. The molecule has 0 amide bonds. The molecule has 0 saturated heterocycles. The van der Waals surface area contributed by atoms with E-state index < -0.39 is 0 Å². The van der Waals surface area contributed by atoms with Gasteiger partial charge in [0.25, 0.3) is 0 Å². The van der Waals surface area contributed by atoms with E-state index in [2.05, 4.69) is 15.3 Å². The van der Waals surface area contributed by atoms with Crippen molar-refractivity contribution in [3.63, 3.8) is 0 Å². The maximum atomic E-state index is 12.6. The first-order valence-corrected chi connectivity index (χ1v) is 12.1. The van der Waals surface area contributed by atoms with Gasteiger partial charge in [-0.15, -0.1) is 45.8 Å². The zero-order valence-corrected chi connectivity index (χ0v) is 18.2. The van der Waals surface area contributed by atoms with Crippen molar-refractivity contribution < 1.29 is 9.53 Å². The first kappa shape index (κ1) is 19.3. The summed E-state index contributed by atoms with van der Waals surface area (Å²) in [5, 5.41) is 8.02. The molecule has 0 bridgehead atoms. The quantitative estimate of drug-likeness (QED) is 0.248. The van der Waals surface area contributed by atoms with Gasteiger partial charge in [-0.1, -0.05) is 18.2 Å². The van der Waals surface area contributed by atoms with E-state index in [1.54, 1.807) is 51.8 Å². The van der Waals surface area contributed by atoms with E-state index in [0.29, 0.717) is 5.56 Å². The van der Waals surface area contributed by atoms with Crippen molar-refractivity contribution in [3.8, 4) is 9.88 Å². The highest BCUT2D eigenvalue weighted by Crippen LogP contribution is 2.29. The second kappa shape index (κ2) is 9.00. The van der Waals surface area contributed by atoms with Gasteiger partial charge in [-0.25, -0.2) is 14.8 Å². The Morgan fingerprint density at radius 3 is 2.68 bits per heavy atom. The Labute approximate surface area is 179 Å². The lowest BCUT2D eigenvalue weighted by molar-refractivity contribution is 0.0464. The molecule has 8 heteroatoms. The van der Waals surface area contributed by atoms with Gasteiger partial charge >= 0.3 is 5.97 Å². The molecule has 0 fully saturated rings. The third-order valence-corrected chi connectivity index (χ3v) is 7.64. The van der Waals surface area contributed by atoms with Crippen molar-refractivity contribution in [2.75, 3.05) is 0 Å². The fourth-order valence-electron chi connectivity index (χ4n) is 2.49. The van der Waals surface area contributed by atoms with Gasteiger partial charge in [-0.2, -0.15) is 0 Å². The van der Waals surface area contributed by atoms with Crippen molar-refractivity contribution in [2.45, 2.75) is 24.2 Å². The number of esters is 1. The van der Waals surface area contributed by atoms with Crippen LogP contribution in [0, 0.1) is 6.92 Å². The Morgan fingerprint density at radius 1 is 1.04 bits per heavy atom. The molecule has 0 spiro atoms. The van der Waals surface area contributed by atoms with Gasteiger partial charge in [0.1, 0.15) is 11.6 Å². The zero-order valence-electron chi connectivity index (χ0n) is 15.0. The molecule has 0 N–H and O–H groups in total. The largest absolute Gasteiger partial charge is 0.456 e. The van der Waals surface area contributed by atoms with E-state index in [0.717, 1.165) is 36.9 Å². The number of carbonyl (C=O) groups is 1. The van der Waals surface area contributed by atoms with E-state index >= 15 is 0 Å². The van der Waals surface area contributed by atoms with Gasteiger partial charge in [0, 0.05) is 21.4 Å². The minimum atomic E-state index is -0.330. The molecular formula is C20H16N2O2S4. The van der Waals surface area contributed by atoms with E-state index in [4.69, 9.17) is 4.74 Å². The zero-order chi connectivity index (χ0) is 19.3. The Bertz CT molecular complexity index is 1070. The molecule has 4 rings (SSSR count). The van der Waals surface area contributed by atoms with Crippen molar-refractivity contribution >= 4 is 51.7 Å². The summed E-state index contributed by atoms with van der Waals surface area (Å²) in [5.74, 6) is 0.397. The summed E-state index contributed by atoms with van der Waals surface area (Å²) in [4.78, 5) is 23.7. The number of hydrogen-bond acceptors (Lipinski definition) is 8. The van der Waals surface area contributed by atoms with Gasteiger partial charge in [0.2, 0.25) is 0 Å². The molecule has 0 saturated carbocycles. The van der Waals surface area contributed by atoms with Crippen molar-refractivity contribution in [1.29, 1.82) is 0 Å². The number of rotatable bonds is 7. The number of aromatic nitrogens is 2. The normalized spacial score (nSPS) is 10.9. The first-order valence-electron chi connectivity index (χ1n) is 8.47. The molecule has 1 aromatic carbocycles. The summed E-state index contributed by atoms with van der Waals surface area (Å²) in [6, 6.07) is 11.6. The summed E-state index contributed by atoms with van der Waals surface area (Å²) in [7, 11) is 0. The van der Waals surface area contributed by atoms with Gasteiger partial charge in [-0.05, 0) is 30.5 Å². The first-order chi connectivity index (χ1) is 13.7. The highest BCUT2D eigenvalue weighted by molar-refractivity contribution is 7.98. The number of thiophene rings is 1. The summed E-state index contributed by atoms with van der Waals surface area (Å²) < 4.78 is 5.52. The molecule has 0 aliphatic carbocycles. The number of carbonyl (C=O) groups excluding carboxylic acids is 1. The van der Waals surface area contributed by atoms with Crippen LogP contribution in [0.3, 0.4) is 0 Å². The molecule has 4 nitrogen and oxygen atoms in total. The van der Waals surface area contributed by atoms with Gasteiger partial charge in [0.15, 0.2) is 0 Å². The van der Waals surface area contributed by atoms with Gasteiger partial charge in [-0.3, -0.25) is 0 Å². The Hall–Kier alpha value is -2.00. The van der Waals surface area contributed by atoms with Gasteiger partial charge < -0.3 is 4.74 Å². The van der Waals surface area contributed by atoms with Crippen LogP contribution in [0.25, 0.3) is 9.88 Å². The molecule has 0 aliphatic heterocycles. The predicted octanol–water partition coefficient (Wildman–Crippen LogP) is 6.29. The van der Waals surface area contributed by atoms with E-state index in [1.165, 1.54) is 0 Å². The molecule has 0 radical (unpaired) electrons. The number of hydrogen-bond donors (Lipinski definition) is 0.